The molecule has 166 valence electrons. The van der Waals surface area contributed by atoms with Crippen molar-refractivity contribution >= 4 is 21.7 Å². The third-order valence-electron chi connectivity index (χ3n) is 8.89. The fourth-order valence-electron chi connectivity index (χ4n) is 7.69. The van der Waals surface area contributed by atoms with E-state index in [4.69, 9.17) is 4.18 Å². The van der Waals surface area contributed by atoms with E-state index in [2.05, 4.69) is 6.92 Å². The molecule has 3 saturated carbocycles. The molecule has 0 unspecified atom stereocenters. The summed E-state index contributed by atoms with van der Waals surface area (Å²) in [6.07, 6.45) is 8.09. The number of hydrogen-bond donors (Lipinski definition) is 1. The van der Waals surface area contributed by atoms with Gasteiger partial charge in [0.2, 0.25) is 0 Å². The van der Waals surface area contributed by atoms with Gasteiger partial charge in [-0.3, -0.25) is 13.8 Å². The molecule has 0 amide bonds. The molecule has 8 atom stereocenters. The van der Waals surface area contributed by atoms with E-state index in [-0.39, 0.29) is 41.7 Å². The zero-order valence-electron chi connectivity index (χ0n) is 18.3. The molecule has 4 rings (SSSR count). The molecule has 0 spiro atoms. The maximum atomic E-state index is 12.7. The Morgan fingerprint density at radius 3 is 2.57 bits per heavy atom. The summed E-state index contributed by atoms with van der Waals surface area (Å²) < 4.78 is 30.1. The van der Waals surface area contributed by atoms with Crippen LogP contribution in [0.15, 0.2) is 23.8 Å². The minimum atomic E-state index is -3.75. The zero-order chi connectivity index (χ0) is 22.3. The van der Waals surface area contributed by atoms with Crippen LogP contribution in [-0.4, -0.2) is 43.1 Å². The number of ketones is 2. The molecule has 0 bridgehead atoms. The number of hydrogen-bond acceptors (Lipinski definition) is 6. The van der Waals surface area contributed by atoms with Crippen molar-refractivity contribution in [2.75, 3.05) is 6.26 Å². The topological polar surface area (TPSA) is 97.7 Å². The molecule has 4 aliphatic rings. The van der Waals surface area contributed by atoms with Crippen LogP contribution in [0.25, 0.3) is 0 Å². The van der Waals surface area contributed by atoms with Crippen molar-refractivity contribution in [3.63, 3.8) is 0 Å². The Morgan fingerprint density at radius 1 is 1.30 bits per heavy atom. The SMILES string of the molecule is CC(=O)[C@@]1(O)[C@@H](C)C[C@H]2[C@@H]3CCC4=CC(=O)C=C[C@]4(C)[C@H]3[C@H](OS(C)(=O)=O)C[C@@]21C. The van der Waals surface area contributed by atoms with Gasteiger partial charge in [0.1, 0.15) is 5.60 Å². The highest BCUT2D eigenvalue weighted by Gasteiger charge is 2.70. The van der Waals surface area contributed by atoms with Crippen LogP contribution in [0.1, 0.15) is 53.4 Å². The second kappa shape index (κ2) is 6.59. The van der Waals surface area contributed by atoms with Gasteiger partial charge in [-0.25, -0.2) is 0 Å². The summed E-state index contributed by atoms with van der Waals surface area (Å²) in [5.41, 5.74) is -1.72. The largest absolute Gasteiger partial charge is 0.381 e. The first-order valence-electron chi connectivity index (χ1n) is 10.8. The molecular weight excluding hydrogens is 404 g/mol. The van der Waals surface area contributed by atoms with Crippen molar-refractivity contribution in [1.82, 2.24) is 0 Å². The van der Waals surface area contributed by atoms with Gasteiger partial charge >= 0.3 is 0 Å². The number of Topliss-reactive ketones (excluding diaryl/α,β-unsaturated/α-hetero) is 1. The van der Waals surface area contributed by atoms with Gasteiger partial charge < -0.3 is 5.11 Å². The van der Waals surface area contributed by atoms with Crippen LogP contribution >= 0.6 is 0 Å². The maximum Gasteiger partial charge on any atom is 0.264 e. The first-order valence-corrected chi connectivity index (χ1v) is 12.6. The number of fused-ring (bicyclic) bond motifs is 5. The molecule has 0 aromatic heterocycles. The van der Waals surface area contributed by atoms with Crippen molar-refractivity contribution in [2.45, 2.75) is 65.1 Å². The Kier molecular flexibility index (Phi) is 4.82. The molecule has 7 heteroatoms. The van der Waals surface area contributed by atoms with Crippen LogP contribution in [-0.2, 0) is 23.9 Å². The smallest absolute Gasteiger partial charge is 0.264 e. The van der Waals surface area contributed by atoms with Crippen molar-refractivity contribution in [2.24, 2.45) is 34.5 Å². The van der Waals surface area contributed by atoms with Gasteiger partial charge in [0.25, 0.3) is 10.1 Å². The Morgan fingerprint density at radius 2 is 1.97 bits per heavy atom. The number of rotatable bonds is 3. The second-order valence-corrected chi connectivity index (χ2v) is 12.0. The monoisotopic (exact) mass is 436 g/mol. The van der Waals surface area contributed by atoms with E-state index < -0.39 is 32.7 Å². The van der Waals surface area contributed by atoms with Crippen molar-refractivity contribution in [3.05, 3.63) is 23.8 Å². The van der Waals surface area contributed by atoms with Gasteiger partial charge in [0.05, 0.1) is 12.4 Å². The van der Waals surface area contributed by atoms with E-state index in [1.54, 1.807) is 12.2 Å². The molecule has 3 fully saturated rings. The fourth-order valence-corrected chi connectivity index (χ4v) is 8.32. The lowest BCUT2D eigenvalue weighted by molar-refractivity contribution is -0.176. The van der Waals surface area contributed by atoms with Crippen LogP contribution in [0.3, 0.4) is 0 Å². The van der Waals surface area contributed by atoms with E-state index in [0.717, 1.165) is 31.1 Å². The first-order chi connectivity index (χ1) is 13.7. The standard InChI is InChI=1S/C23H32O6S/c1-13-10-18-17-7-6-15-11-16(25)8-9-21(15,3)20(17)19(29-30(5,27)28)12-22(18,4)23(13,26)14(2)24/h8-9,11,13,17-20,26H,6-7,10,12H2,1-5H3/t13-,17-,18-,19+,20+,21-,22-,23-/m0/s1. The summed E-state index contributed by atoms with van der Waals surface area (Å²) in [7, 11) is -3.75. The molecule has 1 N–H and O–H groups in total. The summed E-state index contributed by atoms with van der Waals surface area (Å²) in [4.78, 5) is 24.7. The van der Waals surface area contributed by atoms with E-state index in [0.29, 0.717) is 0 Å². The number of allylic oxidation sites excluding steroid dienone is 4. The van der Waals surface area contributed by atoms with Gasteiger partial charge in [-0.15, -0.1) is 0 Å². The quantitative estimate of drug-likeness (QED) is 0.683. The maximum absolute atomic E-state index is 12.7. The summed E-state index contributed by atoms with van der Waals surface area (Å²) in [5.74, 6) is -0.488. The minimum Gasteiger partial charge on any atom is -0.381 e. The molecule has 0 aliphatic heterocycles. The lowest BCUT2D eigenvalue weighted by atomic mass is 9.46. The highest BCUT2D eigenvalue weighted by atomic mass is 32.2. The summed E-state index contributed by atoms with van der Waals surface area (Å²) in [6.45, 7) is 7.35. The third kappa shape index (κ3) is 2.84. The highest BCUT2D eigenvalue weighted by molar-refractivity contribution is 7.86. The molecular formula is C23H32O6S. The van der Waals surface area contributed by atoms with Gasteiger partial charge in [-0.2, -0.15) is 8.42 Å². The van der Waals surface area contributed by atoms with E-state index in [1.165, 1.54) is 6.92 Å². The molecule has 0 aromatic carbocycles. The fraction of sp³-hybridized carbons (Fsp3) is 0.739. The minimum absolute atomic E-state index is 0.0393. The highest BCUT2D eigenvalue weighted by Crippen LogP contribution is 2.68. The third-order valence-corrected chi connectivity index (χ3v) is 9.49. The average molecular weight is 437 g/mol. The zero-order valence-corrected chi connectivity index (χ0v) is 19.2. The molecule has 0 aromatic rings. The van der Waals surface area contributed by atoms with Crippen molar-refractivity contribution < 1.29 is 27.3 Å². The molecule has 30 heavy (non-hydrogen) atoms. The summed E-state index contributed by atoms with van der Waals surface area (Å²) in [6, 6.07) is 0. The van der Waals surface area contributed by atoms with E-state index in [1.807, 2.05) is 19.9 Å². The lowest BCUT2D eigenvalue weighted by Gasteiger charge is -2.60. The van der Waals surface area contributed by atoms with Crippen LogP contribution < -0.4 is 0 Å². The number of aliphatic hydroxyl groups is 1. The molecule has 6 nitrogen and oxygen atoms in total. The normalized spacial score (nSPS) is 47.9. The Balaban J connectivity index is 1.86. The van der Waals surface area contributed by atoms with Crippen molar-refractivity contribution in [3.8, 4) is 0 Å². The molecule has 0 heterocycles. The predicted molar refractivity (Wildman–Crippen MR) is 112 cm³/mol. The van der Waals surface area contributed by atoms with Crippen LogP contribution in [0, 0.1) is 34.5 Å². The van der Waals surface area contributed by atoms with Gasteiger partial charge in [0, 0.05) is 16.7 Å². The van der Waals surface area contributed by atoms with Gasteiger partial charge in [-0.05, 0) is 62.5 Å². The summed E-state index contributed by atoms with van der Waals surface area (Å²) in [5, 5.41) is 11.6. The predicted octanol–water partition coefficient (Wildman–Crippen LogP) is 2.82. The number of carbonyl (C=O) groups is 2. The van der Waals surface area contributed by atoms with Crippen LogP contribution in [0.5, 0.6) is 0 Å². The van der Waals surface area contributed by atoms with E-state index in [9.17, 15) is 23.1 Å². The van der Waals surface area contributed by atoms with Crippen LogP contribution in [0.4, 0.5) is 0 Å². The molecule has 4 aliphatic carbocycles. The molecule has 0 radical (unpaired) electrons. The first kappa shape index (κ1) is 21.9. The van der Waals surface area contributed by atoms with Crippen LogP contribution in [0.2, 0.25) is 0 Å². The number of carbonyl (C=O) groups excluding carboxylic acids is 2. The molecule has 0 saturated heterocycles. The lowest BCUT2D eigenvalue weighted by Crippen LogP contribution is -2.62. The van der Waals surface area contributed by atoms with Gasteiger partial charge in [0.15, 0.2) is 11.6 Å². The van der Waals surface area contributed by atoms with Gasteiger partial charge in [-0.1, -0.05) is 32.4 Å². The Hall–Kier alpha value is -1.31. The second-order valence-electron chi connectivity index (χ2n) is 10.4. The average Bonchev–Trinajstić information content (AvgIpc) is 2.82. The summed E-state index contributed by atoms with van der Waals surface area (Å²) >= 11 is 0. The Bertz CT molecular complexity index is 964. The Labute approximate surface area is 178 Å². The van der Waals surface area contributed by atoms with Crippen molar-refractivity contribution in [1.29, 1.82) is 0 Å². The van der Waals surface area contributed by atoms with E-state index >= 15 is 0 Å².